The molecule has 2 aromatic carbocycles. The van der Waals surface area contributed by atoms with E-state index in [0.717, 1.165) is 35.0 Å². The molecule has 0 aliphatic rings. The maximum Gasteiger partial charge on any atom is 0.121 e. The van der Waals surface area contributed by atoms with Crippen molar-refractivity contribution < 1.29 is 4.74 Å². The lowest BCUT2D eigenvalue weighted by Gasteiger charge is -2.09. The summed E-state index contributed by atoms with van der Waals surface area (Å²) in [6.07, 6.45) is 0.954. The summed E-state index contributed by atoms with van der Waals surface area (Å²) in [5, 5.41) is 4.05. The van der Waals surface area contributed by atoms with E-state index in [1.165, 1.54) is 0 Å². The van der Waals surface area contributed by atoms with Crippen molar-refractivity contribution in [2.75, 3.05) is 18.4 Å². The third-order valence-electron chi connectivity index (χ3n) is 2.86. The zero-order valence-electron chi connectivity index (χ0n) is 11.3. The molecule has 0 fully saturated rings. The average Bonchev–Trinajstić information content (AvgIpc) is 2.47. The molecule has 4 heteroatoms. The SMILES string of the molecule is NCCCNc1cccc(OCc2ccc(Cl)cc2)c1. The van der Waals surface area contributed by atoms with Crippen molar-refractivity contribution in [3.8, 4) is 5.75 Å². The van der Waals surface area contributed by atoms with Gasteiger partial charge in [-0.15, -0.1) is 0 Å². The van der Waals surface area contributed by atoms with Crippen molar-refractivity contribution in [3.05, 3.63) is 59.1 Å². The summed E-state index contributed by atoms with van der Waals surface area (Å²) in [5.74, 6) is 0.845. The Morgan fingerprint density at radius 1 is 1.10 bits per heavy atom. The largest absolute Gasteiger partial charge is 0.489 e. The third-order valence-corrected chi connectivity index (χ3v) is 3.11. The fourth-order valence-electron chi connectivity index (χ4n) is 1.78. The topological polar surface area (TPSA) is 47.3 Å². The number of benzene rings is 2. The molecule has 0 radical (unpaired) electrons. The van der Waals surface area contributed by atoms with Gasteiger partial charge in [0.1, 0.15) is 12.4 Å². The van der Waals surface area contributed by atoms with Crippen LogP contribution in [0.2, 0.25) is 5.02 Å². The molecule has 3 N–H and O–H groups in total. The molecule has 2 aromatic rings. The van der Waals surface area contributed by atoms with Crippen molar-refractivity contribution in [3.63, 3.8) is 0 Å². The summed E-state index contributed by atoms with van der Waals surface area (Å²) >= 11 is 5.85. The van der Waals surface area contributed by atoms with Gasteiger partial charge in [-0.05, 0) is 42.8 Å². The van der Waals surface area contributed by atoms with Crippen LogP contribution in [0.1, 0.15) is 12.0 Å². The summed E-state index contributed by atoms with van der Waals surface area (Å²) in [6.45, 7) is 2.10. The number of ether oxygens (including phenoxy) is 1. The molecule has 0 aliphatic heterocycles. The zero-order valence-corrected chi connectivity index (χ0v) is 12.1. The number of hydrogen-bond donors (Lipinski definition) is 2. The molecule has 0 atom stereocenters. The molecular weight excluding hydrogens is 272 g/mol. The highest BCUT2D eigenvalue weighted by Crippen LogP contribution is 2.19. The third kappa shape index (κ3) is 4.76. The van der Waals surface area contributed by atoms with E-state index in [9.17, 15) is 0 Å². The van der Waals surface area contributed by atoms with E-state index >= 15 is 0 Å². The summed E-state index contributed by atoms with van der Waals surface area (Å²) in [7, 11) is 0. The minimum Gasteiger partial charge on any atom is -0.489 e. The molecule has 3 nitrogen and oxygen atoms in total. The first-order valence-corrected chi connectivity index (χ1v) is 7.07. The highest BCUT2D eigenvalue weighted by Gasteiger charge is 1.98. The summed E-state index contributed by atoms with van der Waals surface area (Å²) < 4.78 is 5.77. The van der Waals surface area contributed by atoms with Crippen LogP contribution in [0.3, 0.4) is 0 Å². The molecule has 0 unspecified atom stereocenters. The summed E-state index contributed by atoms with van der Waals surface area (Å²) in [6, 6.07) is 15.6. The van der Waals surface area contributed by atoms with Gasteiger partial charge in [-0.1, -0.05) is 29.8 Å². The van der Waals surface area contributed by atoms with Gasteiger partial charge < -0.3 is 15.8 Å². The molecule has 0 bridgehead atoms. The van der Waals surface area contributed by atoms with Gasteiger partial charge in [0, 0.05) is 23.3 Å². The van der Waals surface area contributed by atoms with Crippen LogP contribution in [0.4, 0.5) is 5.69 Å². The predicted octanol–water partition coefficient (Wildman–Crippen LogP) is 3.68. The normalized spacial score (nSPS) is 10.3. The molecule has 2 rings (SSSR count). The van der Waals surface area contributed by atoms with E-state index in [4.69, 9.17) is 22.1 Å². The Balaban J connectivity index is 1.89. The number of nitrogens with one attached hydrogen (secondary N) is 1. The van der Waals surface area contributed by atoms with Crippen LogP contribution >= 0.6 is 11.6 Å². The first kappa shape index (κ1) is 14.7. The van der Waals surface area contributed by atoms with Gasteiger partial charge in [0.2, 0.25) is 0 Å². The van der Waals surface area contributed by atoms with Crippen molar-refractivity contribution in [2.45, 2.75) is 13.0 Å². The molecule has 0 saturated carbocycles. The molecule has 0 aromatic heterocycles. The highest BCUT2D eigenvalue weighted by atomic mass is 35.5. The van der Waals surface area contributed by atoms with E-state index in [1.807, 2.05) is 48.5 Å². The monoisotopic (exact) mass is 290 g/mol. The van der Waals surface area contributed by atoms with Gasteiger partial charge in [-0.25, -0.2) is 0 Å². The lowest BCUT2D eigenvalue weighted by molar-refractivity contribution is 0.306. The maximum atomic E-state index is 5.85. The van der Waals surface area contributed by atoms with Crippen LogP contribution in [-0.4, -0.2) is 13.1 Å². The van der Waals surface area contributed by atoms with E-state index < -0.39 is 0 Å². The van der Waals surface area contributed by atoms with Gasteiger partial charge in [0.05, 0.1) is 0 Å². The second kappa shape index (κ2) is 7.78. The molecular formula is C16H19ClN2O. The molecule has 0 spiro atoms. The second-order valence-electron chi connectivity index (χ2n) is 4.51. The van der Waals surface area contributed by atoms with E-state index in [2.05, 4.69) is 5.32 Å². The van der Waals surface area contributed by atoms with Crippen LogP contribution < -0.4 is 15.8 Å². The Morgan fingerprint density at radius 3 is 2.65 bits per heavy atom. The fourth-order valence-corrected chi connectivity index (χ4v) is 1.90. The van der Waals surface area contributed by atoms with Gasteiger partial charge in [-0.3, -0.25) is 0 Å². The minimum absolute atomic E-state index is 0.531. The minimum atomic E-state index is 0.531. The number of anilines is 1. The van der Waals surface area contributed by atoms with Crippen molar-refractivity contribution in [2.24, 2.45) is 5.73 Å². The van der Waals surface area contributed by atoms with Crippen molar-refractivity contribution in [1.82, 2.24) is 0 Å². The first-order valence-electron chi connectivity index (χ1n) is 6.69. The van der Waals surface area contributed by atoms with E-state index in [0.29, 0.717) is 13.2 Å². The lowest BCUT2D eigenvalue weighted by atomic mass is 10.2. The Kier molecular flexibility index (Phi) is 5.71. The Labute approximate surface area is 124 Å². The Bertz CT molecular complexity index is 528. The van der Waals surface area contributed by atoms with E-state index in [1.54, 1.807) is 0 Å². The summed E-state index contributed by atoms with van der Waals surface area (Å²) in [4.78, 5) is 0. The maximum absolute atomic E-state index is 5.85. The second-order valence-corrected chi connectivity index (χ2v) is 4.95. The van der Waals surface area contributed by atoms with Gasteiger partial charge >= 0.3 is 0 Å². The van der Waals surface area contributed by atoms with Crippen LogP contribution in [-0.2, 0) is 6.61 Å². The molecule has 0 heterocycles. The van der Waals surface area contributed by atoms with Crippen LogP contribution in [0.5, 0.6) is 5.75 Å². The van der Waals surface area contributed by atoms with Gasteiger partial charge in [-0.2, -0.15) is 0 Å². The standard InChI is InChI=1S/C16H19ClN2O/c17-14-7-5-13(6-8-14)12-20-16-4-1-3-15(11-16)19-10-2-9-18/h1,3-8,11,19H,2,9-10,12,18H2. The fraction of sp³-hybridized carbons (Fsp3) is 0.250. The average molecular weight is 291 g/mol. The molecule has 0 saturated heterocycles. The number of halogens is 1. The number of nitrogens with two attached hydrogens (primary N) is 1. The van der Waals surface area contributed by atoms with Gasteiger partial charge in [0.25, 0.3) is 0 Å². The van der Waals surface area contributed by atoms with Crippen molar-refractivity contribution >= 4 is 17.3 Å². The zero-order chi connectivity index (χ0) is 14.2. The van der Waals surface area contributed by atoms with Crippen LogP contribution in [0.25, 0.3) is 0 Å². The number of hydrogen-bond acceptors (Lipinski definition) is 3. The van der Waals surface area contributed by atoms with E-state index in [-0.39, 0.29) is 0 Å². The Morgan fingerprint density at radius 2 is 1.90 bits per heavy atom. The molecule has 106 valence electrons. The quantitative estimate of drug-likeness (QED) is 0.765. The van der Waals surface area contributed by atoms with Gasteiger partial charge in [0.15, 0.2) is 0 Å². The highest BCUT2D eigenvalue weighted by molar-refractivity contribution is 6.30. The van der Waals surface area contributed by atoms with Crippen LogP contribution in [0.15, 0.2) is 48.5 Å². The molecule has 20 heavy (non-hydrogen) atoms. The Hall–Kier alpha value is -1.71. The smallest absolute Gasteiger partial charge is 0.121 e. The molecule has 0 aliphatic carbocycles. The predicted molar refractivity (Wildman–Crippen MR) is 84.4 cm³/mol. The number of rotatable bonds is 7. The summed E-state index contributed by atoms with van der Waals surface area (Å²) in [5.41, 5.74) is 7.61. The molecule has 0 amide bonds. The van der Waals surface area contributed by atoms with Crippen LogP contribution in [0, 0.1) is 0 Å². The van der Waals surface area contributed by atoms with Crippen molar-refractivity contribution in [1.29, 1.82) is 0 Å². The first-order chi connectivity index (χ1) is 9.78. The lowest BCUT2D eigenvalue weighted by Crippen LogP contribution is -2.08.